The highest BCUT2D eigenvalue weighted by molar-refractivity contribution is 5.93. The molecular weight excluding hydrogens is 366 g/mol. The molecule has 154 valence electrons. The summed E-state index contributed by atoms with van der Waals surface area (Å²) >= 11 is 0. The molecule has 1 fully saturated rings. The van der Waals surface area contributed by atoms with Crippen molar-refractivity contribution in [3.8, 4) is 17.1 Å². The summed E-state index contributed by atoms with van der Waals surface area (Å²) in [7, 11) is 0. The number of aromatic nitrogens is 4. The average Bonchev–Trinajstić information content (AvgIpc) is 3.10. The molecule has 7 heteroatoms. The van der Waals surface area contributed by atoms with Crippen LogP contribution in [-0.2, 0) is 0 Å². The second-order valence-electron chi connectivity index (χ2n) is 8.62. The smallest absolute Gasteiger partial charge is 0.132 e. The van der Waals surface area contributed by atoms with Crippen molar-refractivity contribution < 1.29 is 9.84 Å². The molecule has 3 aromatic rings. The lowest BCUT2D eigenvalue weighted by atomic mass is 9.83. The van der Waals surface area contributed by atoms with E-state index in [2.05, 4.69) is 25.1 Å². The van der Waals surface area contributed by atoms with E-state index in [1.807, 2.05) is 52.0 Å². The zero-order valence-corrected chi connectivity index (χ0v) is 17.5. The van der Waals surface area contributed by atoms with Crippen LogP contribution >= 0.6 is 0 Å². The molecule has 1 aliphatic heterocycles. The van der Waals surface area contributed by atoms with Gasteiger partial charge in [-0.2, -0.15) is 5.10 Å². The van der Waals surface area contributed by atoms with Crippen molar-refractivity contribution in [1.82, 2.24) is 20.2 Å². The predicted octanol–water partition coefficient (Wildman–Crippen LogP) is 3.79. The molecule has 0 bridgehead atoms. The van der Waals surface area contributed by atoms with Crippen LogP contribution in [-0.4, -0.2) is 50.1 Å². The number of anilines is 1. The molecule has 0 unspecified atom stereocenters. The van der Waals surface area contributed by atoms with Gasteiger partial charge in [0, 0.05) is 24.5 Å². The third kappa shape index (κ3) is 4.19. The largest absolute Gasteiger partial charge is 0.491 e. The van der Waals surface area contributed by atoms with E-state index < -0.39 is 5.60 Å². The number of nitrogens with zero attached hydrogens (tertiary/aromatic N) is 4. The molecule has 2 N–H and O–H groups in total. The van der Waals surface area contributed by atoms with Gasteiger partial charge in [0.05, 0.1) is 22.9 Å². The molecule has 1 saturated heterocycles. The van der Waals surface area contributed by atoms with Gasteiger partial charge in [-0.25, -0.2) is 9.97 Å². The second kappa shape index (κ2) is 7.63. The molecule has 0 spiro atoms. The monoisotopic (exact) mass is 395 g/mol. The van der Waals surface area contributed by atoms with Gasteiger partial charge in [-0.3, -0.25) is 5.10 Å². The standard InChI is InChI=1S/C22H29N5O2/c1-14(2)29-16-5-6-18-17(11-16)21(26-25-18)19-12-20(24-13-23-19)27-9-7-15(8-10-27)22(3,4)28/h5-6,11-15,28H,7-10H2,1-4H3,(H,25,26). The minimum Gasteiger partial charge on any atom is -0.491 e. The Kier molecular flexibility index (Phi) is 5.17. The third-order valence-corrected chi connectivity index (χ3v) is 5.62. The number of fused-ring (bicyclic) bond motifs is 1. The number of aliphatic hydroxyl groups is 1. The predicted molar refractivity (Wildman–Crippen MR) is 114 cm³/mol. The Labute approximate surface area is 171 Å². The summed E-state index contributed by atoms with van der Waals surface area (Å²) in [5.41, 5.74) is 1.89. The number of hydrogen-bond acceptors (Lipinski definition) is 6. The van der Waals surface area contributed by atoms with Crippen molar-refractivity contribution >= 4 is 16.7 Å². The van der Waals surface area contributed by atoms with Crippen molar-refractivity contribution in [2.24, 2.45) is 5.92 Å². The quantitative estimate of drug-likeness (QED) is 0.683. The zero-order chi connectivity index (χ0) is 20.6. The van der Waals surface area contributed by atoms with Gasteiger partial charge in [-0.05, 0) is 64.7 Å². The SMILES string of the molecule is CC(C)Oc1ccc2[nH]nc(-c3cc(N4CCC(C(C)(C)O)CC4)ncn3)c2c1. The molecule has 0 radical (unpaired) electrons. The Morgan fingerprint density at radius 3 is 2.62 bits per heavy atom. The molecule has 3 heterocycles. The van der Waals surface area contributed by atoms with Gasteiger partial charge in [-0.1, -0.05) is 0 Å². The molecule has 1 aliphatic rings. The van der Waals surface area contributed by atoms with Crippen LogP contribution in [0.1, 0.15) is 40.5 Å². The number of benzene rings is 1. The van der Waals surface area contributed by atoms with Crippen LogP contribution in [0.3, 0.4) is 0 Å². The first-order valence-electron chi connectivity index (χ1n) is 10.3. The number of H-pyrrole nitrogens is 1. The third-order valence-electron chi connectivity index (χ3n) is 5.62. The maximum Gasteiger partial charge on any atom is 0.132 e. The minimum atomic E-state index is -0.632. The van der Waals surface area contributed by atoms with E-state index >= 15 is 0 Å². The lowest BCUT2D eigenvalue weighted by Gasteiger charge is -2.38. The topological polar surface area (TPSA) is 87.2 Å². The molecule has 4 rings (SSSR count). The number of piperidine rings is 1. The second-order valence-corrected chi connectivity index (χ2v) is 8.62. The fourth-order valence-electron chi connectivity index (χ4n) is 4.00. The van der Waals surface area contributed by atoms with Gasteiger partial charge < -0.3 is 14.7 Å². The van der Waals surface area contributed by atoms with E-state index in [0.29, 0.717) is 5.92 Å². The van der Waals surface area contributed by atoms with Crippen molar-refractivity contribution in [2.45, 2.75) is 52.2 Å². The van der Waals surface area contributed by atoms with Crippen molar-refractivity contribution in [1.29, 1.82) is 0 Å². The van der Waals surface area contributed by atoms with E-state index in [1.165, 1.54) is 0 Å². The van der Waals surface area contributed by atoms with Gasteiger partial charge in [0.15, 0.2) is 0 Å². The molecule has 0 atom stereocenters. The van der Waals surface area contributed by atoms with Crippen molar-refractivity contribution in [2.75, 3.05) is 18.0 Å². The van der Waals surface area contributed by atoms with E-state index in [4.69, 9.17) is 4.74 Å². The highest BCUT2D eigenvalue weighted by Gasteiger charge is 2.31. The van der Waals surface area contributed by atoms with Gasteiger partial charge in [0.2, 0.25) is 0 Å². The highest BCUT2D eigenvalue weighted by Crippen LogP contribution is 2.32. The van der Waals surface area contributed by atoms with E-state index in [0.717, 1.165) is 59.8 Å². The summed E-state index contributed by atoms with van der Waals surface area (Å²) in [5.74, 6) is 2.03. The van der Waals surface area contributed by atoms with Crippen LogP contribution in [0.25, 0.3) is 22.3 Å². The van der Waals surface area contributed by atoms with Crippen LogP contribution in [0.4, 0.5) is 5.82 Å². The summed E-state index contributed by atoms with van der Waals surface area (Å²) < 4.78 is 5.84. The normalized spacial score (nSPS) is 16.0. The van der Waals surface area contributed by atoms with Crippen LogP contribution in [0, 0.1) is 5.92 Å². The van der Waals surface area contributed by atoms with Crippen molar-refractivity contribution in [3.63, 3.8) is 0 Å². The number of ether oxygens (including phenoxy) is 1. The first-order chi connectivity index (χ1) is 13.8. The first kappa shape index (κ1) is 19.6. The summed E-state index contributed by atoms with van der Waals surface area (Å²) in [6.45, 7) is 9.57. The van der Waals surface area contributed by atoms with Gasteiger partial charge in [-0.15, -0.1) is 0 Å². The Hall–Kier alpha value is -2.67. The number of aromatic amines is 1. The summed E-state index contributed by atoms with van der Waals surface area (Å²) in [4.78, 5) is 11.2. The molecule has 0 saturated carbocycles. The van der Waals surface area contributed by atoms with Crippen LogP contribution in [0.2, 0.25) is 0 Å². The number of hydrogen-bond donors (Lipinski definition) is 2. The number of nitrogens with one attached hydrogen (secondary N) is 1. The minimum absolute atomic E-state index is 0.111. The Morgan fingerprint density at radius 2 is 1.93 bits per heavy atom. The highest BCUT2D eigenvalue weighted by atomic mass is 16.5. The van der Waals surface area contributed by atoms with Crippen LogP contribution < -0.4 is 9.64 Å². The first-order valence-corrected chi connectivity index (χ1v) is 10.3. The van der Waals surface area contributed by atoms with Gasteiger partial charge >= 0.3 is 0 Å². The maximum atomic E-state index is 10.3. The Balaban J connectivity index is 1.59. The zero-order valence-electron chi connectivity index (χ0n) is 17.5. The van der Waals surface area contributed by atoms with E-state index in [-0.39, 0.29) is 6.10 Å². The van der Waals surface area contributed by atoms with E-state index in [9.17, 15) is 5.11 Å². The Bertz CT molecular complexity index is 984. The maximum absolute atomic E-state index is 10.3. The molecular formula is C22H29N5O2. The lowest BCUT2D eigenvalue weighted by molar-refractivity contribution is 0.00646. The molecule has 29 heavy (non-hydrogen) atoms. The molecule has 0 aliphatic carbocycles. The molecule has 1 aromatic carbocycles. The average molecular weight is 396 g/mol. The molecule has 0 amide bonds. The fraction of sp³-hybridized carbons (Fsp3) is 0.500. The molecule has 2 aromatic heterocycles. The fourth-order valence-corrected chi connectivity index (χ4v) is 4.00. The van der Waals surface area contributed by atoms with Crippen LogP contribution in [0.15, 0.2) is 30.6 Å². The number of rotatable bonds is 5. The van der Waals surface area contributed by atoms with Gasteiger partial charge in [0.1, 0.15) is 23.6 Å². The van der Waals surface area contributed by atoms with Gasteiger partial charge in [0.25, 0.3) is 0 Å². The Morgan fingerprint density at radius 1 is 1.17 bits per heavy atom. The van der Waals surface area contributed by atoms with Crippen LogP contribution in [0.5, 0.6) is 5.75 Å². The summed E-state index contributed by atoms with van der Waals surface area (Å²) in [6.07, 6.45) is 3.61. The molecule has 7 nitrogen and oxygen atoms in total. The summed E-state index contributed by atoms with van der Waals surface area (Å²) in [6, 6.07) is 7.93. The van der Waals surface area contributed by atoms with Crippen molar-refractivity contribution in [3.05, 3.63) is 30.6 Å². The lowest BCUT2D eigenvalue weighted by Crippen LogP contribution is -2.42. The summed E-state index contributed by atoms with van der Waals surface area (Å²) in [5, 5.41) is 18.8. The van der Waals surface area contributed by atoms with E-state index in [1.54, 1.807) is 6.33 Å².